The van der Waals surface area contributed by atoms with Crippen molar-refractivity contribution in [3.05, 3.63) is 18.0 Å². The second kappa shape index (κ2) is 6.24. The maximum Gasteiger partial charge on any atom is 0.178 e. The molecule has 0 N–H and O–H groups in total. The summed E-state index contributed by atoms with van der Waals surface area (Å²) in [5.41, 5.74) is 0.872. The number of anilines is 1. The summed E-state index contributed by atoms with van der Waals surface area (Å²) >= 11 is 0. The molecule has 2 aliphatic carbocycles. The highest BCUT2D eigenvalue weighted by Gasteiger charge is 2.33. The van der Waals surface area contributed by atoms with Gasteiger partial charge >= 0.3 is 0 Å². The van der Waals surface area contributed by atoms with Gasteiger partial charge in [0.25, 0.3) is 0 Å². The molecule has 0 amide bonds. The number of rotatable bonds is 5. The van der Waals surface area contributed by atoms with E-state index in [-0.39, 0.29) is 0 Å². The van der Waals surface area contributed by atoms with Crippen LogP contribution in [0.15, 0.2) is 12.1 Å². The highest BCUT2D eigenvalue weighted by atomic mass is 15.4. The smallest absolute Gasteiger partial charge is 0.178 e. The molecule has 134 valence electrons. The van der Waals surface area contributed by atoms with Gasteiger partial charge in [0.1, 0.15) is 5.82 Å². The number of fused-ring (bicyclic) bond motifs is 1. The zero-order valence-corrected chi connectivity index (χ0v) is 15.1. The lowest BCUT2D eigenvalue weighted by Crippen LogP contribution is -2.59. The lowest BCUT2D eigenvalue weighted by atomic mass is 9.88. The summed E-state index contributed by atoms with van der Waals surface area (Å²) in [5.74, 6) is 3.60. The molecule has 1 saturated heterocycles. The largest absolute Gasteiger partial charge is 0.352 e. The summed E-state index contributed by atoms with van der Waals surface area (Å²) in [6.07, 6.45) is 9.61. The zero-order chi connectivity index (χ0) is 16.8. The summed E-state index contributed by atoms with van der Waals surface area (Å²) in [6.45, 7) is 3.44. The fraction of sp³-hybridized carbons (Fsp3) is 0.737. The van der Waals surface area contributed by atoms with Crippen molar-refractivity contribution in [3.8, 4) is 0 Å². The van der Waals surface area contributed by atoms with Gasteiger partial charge in [0.2, 0.25) is 0 Å². The SMILES string of the molecule is CN(CC1CCCCC1)C1CN(c2ccc3nnc(C4CC4)n3n2)C1. The molecular weight excluding hydrogens is 312 g/mol. The molecule has 6 heteroatoms. The molecule has 0 radical (unpaired) electrons. The van der Waals surface area contributed by atoms with Crippen LogP contribution in [0.2, 0.25) is 0 Å². The highest BCUT2D eigenvalue weighted by molar-refractivity contribution is 5.48. The molecule has 25 heavy (non-hydrogen) atoms. The van der Waals surface area contributed by atoms with Crippen molar-refractivity contribution in [3.63, 3.8) is 0 Å². The lowest BCUT2D eigenvalue weighted by Gasteiger charge is -2.45. The lowest BCUT2D eigenvalue weighted by molar-refractivity contribution is 0.158. The second-order valence-electron chi connectivity index (χ2n) is 8.30. The van der Waals surface area contributed by atoms with Crippen LogP contribution in [0.25, 0.3) is 5.65 Å². The summed E-state index contributed by atoms with van der Waals surface area (Å²) in [4.78, 5) is 4.97. The van der Waals surface area contributed by atoms with Crippen LogP contribution in [-0.2, 0) is 0 Å². The first-order chi connectivity index (χ1) is 12.3. The molecule has 0 atom stereocenters. The Bertz CT molecular complexity index is 739. The van der Waals surface area contributed by atoms with E-state index in [0.717, 1.165) is 36.3 Å². The molecule has 2 aromatic heterocycles. The third-order valence-corrected chi connectivity index (χ3v) is 6.30. The van der Waals surface area contributed by atoms with Crippen LogP contribution in [0.5, 0.6) is 0 Å². The van der Waals surface area contributed by atoms with E-state index >= 15 is 0 Å². The van der Waals surface area contributed by atoms with E-state index in [0.29, 0.717) is 12.0 Å². The van der Waals surface area contributed by atoms with E-state index in [4.69, 9.17) is 5.10 Å². The van der Waals surface area contributed by atoms with Crippen molar-refractivity contribution in [1.82, 2.24) is 24.7 Å². The molecule has 0 aromatic carbocycles. The Morgan fingerprint density at radius 3 is 2.60 bits per heavy atom. The molecule has 3 aliphatic rings. The Labute approximate surface area is 149 Å². The normalized spacial score (nSPS) is 22.7. The number of nitrogens with zero attached hydrogens (tertiary/aromatic N) is 6. The topological polar surface area (TPSA) is 49.6 Å². The van der Waals surface area contributed by atoms with Crippen LogP contribution in [0.1, 0.15) is 56.7 Å². The van der Waals surface area contributed by atoms with Gasteiger partial charge in [-0.05, 0) is 50.8 Å². The van der Waals surface area contributed by atoms with E-state index in [1.807, 2.05) is 4.52 Å². The summed E-state index contributed by atoms with van der Waals surface area (Å²) in [6, 6.07) is 4.82. The maximum absolute atomic E-state index is 4.83. The Balaban J connectivity index is 1.22. The third kappa shape index (κ3) is 3.01. The quantitative estimate of drug-likeness (QED) is 0.837. The predicted octanol–water partition coefficient (Wildman–Crippen LogP) is 2.70. The number of likely N-dealkylation sites (N-methyl/N-ethyl adjacent to an activating group) is 1. The molecule has 0 bridgehead atoms. The average Bonchev–Trinajstić information content (AvgIpc) is 3.34. The molecular formula is C19H28N6. The van der Waals surface area contributed by atoms with Crippen LogP contribution in [0.4, 0.5) is 5.82 Å². The van der Waals surface area contributed by atoms with Gasteiger partial charge in [0, 0.05) is 31.6 Å². The van der Waals surface area contributed by atoms with Crippen LogP contribution < -0.4 is 4.90 Å². The first-order valence-electron chi connectivity index (χ1n) is 9.95. The Kier molecular flexibility index (Phi) is 3.88. The van der Waals surface area contributed by atoms with Gasteiger partial charge in [-0.3, -0.25) is 4.90 Å². The summed E-state index contributed by atoms with van der Waals surface area (Å²) in [7, 11) is 2.30. The van der Waals surface area contributed by atoms with E-state index in [1.54, 1.807) is 0 Å². The fourth-order valence-electron chi connectivity index (χ4n) is 4.41. The molecule has 3 fully saturated rings. The molecule has 5 rings (SSSR count). The van der Waals surface area contributed by atoms with Gasteiger partial charge < -0.3 is 4.90 Å². The van der Waals surface area contributed by atoms with E-state index in [1.165, 1.54) is 51.5 Å². The van der Waals surface area contributed by atoms with E-state index in [9.17, 15) is 0 Å². The van der Waals surface area contributed by atoms with Crippen LogP contribution in [-0.4, -0.2) is 57.4 Å². The fourth-order valence-corrected chi connectivity index (χ4v) is 4.41. The van der Waals surface area contributed by atoms with Crippen molar-refractivity contribution < 1.29 is 0 Å². The molecule has 0 spiro atoms. The van der Waals surface area contributed by atoms with E-state index < -0.39 is 0 Å². The van der Waals surface area contributed by atoms with E-state index in [2.05, 4.69) is 39.2 Å². The van der Waals surface area contributed by atoms with Gasteiger partial charge in [0.05, 0.1) is 0 Å². The average molecular weight is 340 g/mol. The molecule has 6 nitrogen and oxygen atoms in total. The van der Waals surface area contributed by atoms with Crippen molar-refractivity contribution >= 4 is 11.5 Å². The first-order valence-corrected chi connectivity index (χ1v) is 9.95. The minimum atomic E-state index is 0.573. The van der Waals surface area contributed by atoms with Crippen LogP contribution in [0.3, 0.4) is 0 Å². The molecule has 2 saturated carbocycles. The van der Waals surface area contributed by atoms with Crippen LogP contribution >= 0.6 is 0 Å². The van der Waals surface area contributed by atoms with Gasteiger partial charge in [-0.1, -0.05) is 19.3 Å². The molecule has 0 unspecified atom stereocenters. The summed E-state index contributed by atoms with van der Waals surface area (Å²) < 4.78 is 1.96. The zero-order valence-electron chi connectivity index (χ0n) is 15.1. The minimum absolute atomic E-state index is 0.573. The minimum Gasteiger partial charge on any atom is -0.352 e. The van der Waals surface area contributed by atoms with Crippen molar-refractivity contribution in [2.45, 2.75) is 56.9 Å². The standard InChI is InChI=1S/C19H28N6/c1-23(11-14-5-3-2-4-6-14)16-12-24(13-16)18-10-9-17-20-21-19(15-7-8-15)25(17)22-18/h9-10,14-16H,2-8,11-13H2,1H3. The maximum atomic E-state index is 4.83. The van der Waals surface area contributed by atoms with Gasteiger partial charge in [0.15, 0.2) is 11.5 Å². The summed E-state index contributed by atoms with van der Waals surface area (Å²) in [5, 5.41) is 13.4. The number of hydrogen-bond acceptors (Lipinski definition) is 5. The predicted molar refractivity (Wildman–Crippen MR) is 98.0 cm³/mol. The first kappa shape index (κ1) is 15.6. The van der Waals surface area contributed by atoms with Gasteiger partial charge in [-0.2, -0.15) is 4.52 Å². The Morgan fingerprint density at radius 1 is 1.04 bits per heavy atom. The molecule has 3 heterocycles. The van der Waals surface area contributed by atoms with Gasteiger partial charge in [-0.25, -0.2) is 0 Å². The number of hydrogen-bond donors (Lipinski definition) is 0. The highest BCUT2D eigenvalue weighted by Crippen LogP contribution is 2.39. The number of aromatic nitrogens is 4. The Morgan fingerprint density at radius 2 is 1.84 bits per heavy atom. The second-order valence-corrected chi connectivity index (χ2v) is 8.30. The third-order valence-electron chi connectivity index (χ3n) is 6.30. The van der Waals surface area contributed by atoms with Crippen LogP contribution in [0, 0.1) is 5.92 Å². The van der Waals surface area contributed by atoms with Crippen molar-refractivity contribution in [2.75, 3.05) is 31.6 Å². The molecule has 2 aromatic rings. The monoisotopic (exact) mass is 340 g/mol. The van der Waals surface area contributed by atoms with Crippen molar-refractivity contribution in [2.24, 2.45) is 5.92 Å². The van der Waals surface area contributed by atoms with Crippen molar-refractivity contribution in [1.29, 1.82) is 0 Å². The molecule has 1 aliphatic heterocycles. The Hall–Kier alpha value is -1.69. The van der Waals surface area contributed by atoms with Gasteiger partial charge in [-0.15, -0.1) is 15.3 Å².